The van der Waals surface area contributed by atoms with Gasteiger partial charge in [-0.05, 0) is 87.2 Å². The van der Waals surface area contributed by atoms with Crippen molar-refractivity contribution in [3.05, 3.63) is 83.0 Å². The number of hydrogen-bond donors (Lipinski definition) is 0. The van der Waals surface area contributed by atoms with Gasteiger partial charge in [-0.3, -0.25) is 14.7 Å². The van der Waals surface area contributed by atoms with E-state index in [1.54, 1.807) is 17.5 Å². The summed E-state index contributed by atoms with van der Waals surface area (Å²) in [5.41, 5.74) is 2.64. The van der Waals surface area contributed by atoms with Gasteiger partial charge in [0.25, 0.3) is 11.1 Å². The van der Waals surface area contributed by atoms with Crippen molar-refractivity contribution in [2.75, 3.05) is 13.1 Å². The lowest BCUT2D eigenvalue weighted by Gasteiger charge is -2.30. The lowest BCUT2D eigenvalue weighted by molar-refractivity contribution is 0.100. The van der Waals surface area contributed by atoms with E-state index in [2.05, 4.69) is 14.9 Å². The number of thiazole rings is 1. The van der Waals surface area contributed by atoms with Crippen LogP contribution in [0, 0.1) is 11.8 Å². The number of carbonyl (C=O) groups is 1. The maximum atomic E-state index is 12.8. The number of amides is 1. The second-order valence-electron chi connectivity index (χ2n) is 10.3. The topological polar surface area (TPSA) is 67.7 Å². The summed E-state index contributed by atoms with van der Waals surface area (Å²) < 4.78 is 5.96. The molecule has 7 heteroatoms. The molecule has 1 aliphatic heterocycles. The summed E-state index contributed by atoms with van der Waals surface area (Å²) in [5, 5.41) is 1.61. The highest BCUT2D eigenvalue weighted by atomic mass is 32.1. The first-order chi connectivity index (χ1) is 18.7. The summed E-state index contributed by atoms with van der Waals surface area (Å²) >= 11 is 1.68. The minimum Gasteiger partial charge on any atom is -0.431 e. The first-order valence-corrected chi connectivity index (χ1v) is 14.4. The molecule has 2 aromatic carbocycles. The molecule has 38 heavy (non-hydrogen) atoms. The molecule has 0 atom stereocenters. The van der Waals surface area contributed by atoms with Gasteiger partial charge in [0.05, 0.1) is 16.8 Å². The first kappa shape index (κ1) is 24.9. The van der Waals surface area contributed by atoms with Gasteiger partial charge < -0.3 is 4.74 Å². The molecule has 2 aliphatic rings. The average molecular weight is 525 g/mol. The van der Waals surface area contributed by atoms with Crippen molar-refractivity contribution in [2.45, 2.75) is 45.1 Å². The minimum absolute atomic E-state index is 0.172. The second kappa shape index (κ2) is 11.5. The number of aliphatic imine (C=N–C) groups is 1. The maximum absolute atomic E-state index is 12.8. The number of para-hydroxylation sites is 1. The largest absolute Gasteiger partial charge is 0.431 e. The summed E-state index contributed by atoms with van der Waals surface area (Å²) in [5.74, 6) is 1.80. The number of benzene rings is 2. The third-order valence-electron chi connectivity index (χ3n) is 7.76. The third-order valence-corrected chi connectivity index (χ3v) is 8.79. The Bertz CT molecular complexity index is 1420. The number of ether oxygens (including phenoxy) is 1. The smallest absolute Gasteiger partial charge is 0.279 e. The van der Waals surface area contributed by atoms with Crippen LogP contribution in [0.1, 0.15) is 53.0 Å². The van der Waals surface area contributed by atoms with Crippen molar-refractivity contribution in [1.29, 1.82) is 0 Å². The molecule has 4 aromatic rings. The predicted octanol–water partition coefficient (Wildman–Crippen LogP) is 6.95. The zero-order valence-electron chi connectivity index (χ0n) is 21.5. The fraction of sp³-hybridized carbons (Fsp3) is 0.355. The molecule has 0 unspecified atom stereocenters. The summed E-state index contributed by atoms with van der Waals surface area (Å²) in [6, 6.07) is 19.3. The van der Waals surface area contributed by atoms with Crippen LogP contribution in [-0.2, 0) is 13.0 Å². The standard InChI is InChI=1S/C31H32N4O2S/c36-30(26-8-4-10-27-25(26)9-5-17-32-27)33-20-23-13-11-22(12-14-23)15-18-35-19-16-29-28(21-35)34-31(38-29)37-24-6-2-1-3-7-24/h1-10,17,20,22-23H,11-16,18-19,21H2. The van der Waals surface area contributed by atoms with Crippen LogP contribution in [0.3, 0.4) is 0 Å². The first-order valence-electron chi connectivity index (χ1n) is 13.6. The number of aromatic nitrogens is 2. The molecule has 194 valence electrons. The number of rotatable bonds is 7. The molecule has 6 nitrogen and oxygen atoms in total. The van der Waals surface area contributed by atoms with Crippen LogP contribution in [0.25, 0.3) is 10.9 Å². The number of hydrogen-bond acceptors (Lipinski definition) is 6. The Hall–Kier alpha value is -3.42. The molecule has 1 amide bonds. The number of fused-ring (bicyclic) bond motifs is 2. The molecule has 1 aliphatic carbocycles. The maximum Gasteiger partial charge on any atom is 0.279 e. The van der Waals surface area contributed by atoms with Crippen LogP contribution in [0.4, 0.5) is 0 Å². The molecular weight excluding hydrogens is 492 g/mol. The fourth-order valence-corrected chi connectivity index (χ4v) is 6.50. The van der Waals surface area contributed by atoms with Crippen molar-refractivity contribution in [3.63, 3.8) is 0 Å². The molecule has 0 bridgehead atoms. The Morgan fingerprint density at radius 1 is 1.05 bits per heavy atom. The lowest BCUT2D eigenvalue weighted by atomic mass is 9.81. The normalized spacial score (nSPS) is 20.0. The summed E-state index contributed by atoms with van der Waals surface area (Å²) in [6.45, 7) is 3.12. The van der Waals surface area contributed by atoms with E-state index in [0.29, 0.717) is 11.5 Å². The van der Waals surface area contributed by atoms with Gasteiger partial charge in [0.2, 0.25) is 0 Å². The van der Waals surface area contributed by atoms with Crippen LogP contribution in [0.15, 0.2) is 71.9 Å². The number of pyridine rings is 1. The van der Waals surface area contributed by atoms with Crippen molar-refractivity contribution in [3.8, 4) is 10.9 Å². The van der Waals surface area contributed by atoms with E-state index in [1.807, 2.05) is 66.9 Å². The third kappa shape index (κ3) is 5.84. The summed E-state index contributed by atoms with van der Waals surface area (Å²) in [6.07, 6.45) is 10.5. The van der Waals surface area contributed by atoms with E-state index in [1.165, 1.54) is 29.8 Å². The predicted molar refractivity (Wildman–Crippen MR) is 152 cm³/mol. The lowest BCUT2D eigenvalue weighted by Crippen LogP contribution is -2.32. The molecule has 1 fully saturated rings. The van der Waals surface area contributed by atoms with Gasteiger partial charge >= 0.3 is 0 Å². The van der Waals surface area contributed by atoms with E-state index in [0.717, 1.165) is 66.7 Å². The molecule has 0 N–H and O–H groups in total. The van der Waals surface area contributed by atoms with Gasteiger partial charge in [-0.15, -0.1) is 0 Å². The highest BCUT2D eigenvalue weighted by Crippen LogP contribution is 2.34. The zero-order valence-corrected chi connectivity index (χ0v) is 22.3. The quantitative estimate of drug-likeness (QED) is 0.245. The van der Waals surface area contributed by atoms with E-state index in [-0.39, 0.29) is 5.91 Å². The van der Waals surface area contributed by atoms with Crippen LogP contribution >= 0.6 is 11.3 Å². The van der Waals surface area contributed by atoms with Crippen molar-refractivity contribution < 1.29 is 9.53 Å². The van der Waals surface area contributed by atoms with Gasteiger partial charge in [0.1, 0.15) is 5.75 Å². The Kier molecular flexibility index (Phi) is 7.56. The Morgan fingerprint density at radius 2 is 1.92 bits per heavy atom. The van der Waals surface area contributed by atoms with E-state index >= 15 is 0 Å². The monoisotopic (exact) mass is 524 g/mol. The van der Waals surface area contributed by atoms with Gasteiger partial charge in [0, 0.05) is 35.8 Å². The Balaban J connectivity index is 0.960. The number of nitrogens with zero attached hydrogens (tertiary/aromatic N) is 4. The van der Waals surface area contributed by atoms with Gasteiger partial charge in [0.15, 0.2) is 0 Å². The fourth-order valence-electron chi connectivity index (χ4n) is 5.58. The van der Waals surface area contributed by atoms with Gasteiger partial charge in [-0.1, -0.05) is 41.7 Å². The molecular formula is C31H32N4O2S. The Morgan fingerprint density at radius 3 is 2.79 bits per heavy atom. The Labute approximate surface area is 227 Å². The SMILES string of the molecule is O=C(N=CC1CCC(CCN2CCc3sc(Oc4ccccc4)nc3C2)CC1)c1cccc2ncccc12. The molecule has 0 saturated heterocycles. The summed E-state index contributed by atoms with van der Waals surface area (Å²) in [7, 11) is 0. The minimum atomic E-state index is -0.172. The molecule has 3 heterocycles. The molecule has 6 rings (SSSR count). The zero-order chi connectivity index (χ0) is 25.7. The van der Waals surface area contributed by atoms with Crippen LogP contribution in [-0.4, -0.2) is 40.1 Å². The van der Waals surface area contributed by atoms with E-state index < -0.39 is 0 Å². The van der Waals surface area contributed by atoms with E-state index in [4.69, 9.17) is 9.72 Å². The molecule has 2 aromatic heterocycles. The van der Waals surface area contributed by atoms with Crippen molar-refractivity contribution in [2.24, 2.45) is 16.8 Å². The van der Waals surface area contributed by atoms with Crippen molar-refractivity contribution in [1.82, 2.24) is 14.9 Å². The van der Waals surface area contributed by atoms with Crippen LogP contribution in [0.5, 0.6) is 10.9 Å². The van der Waals surface area contributed by atoms with Crippen LogP contribution in [0.2, 0.25) is 0 Å². The highest BCUT2D eigenvalue weighted by Gasteiger charge is 2.24. The van der Waals surface area contributed by atoms with Gasteiger partial charge in [-0.2, -0.15) is 0 Å². The molecule has 0 spiro atoms. The van der Waals surface area contributed by atoms with Gasteiger partial charge in [-0.25, -0.2) is 9.98 Å². The highest BCUT2D eigenvalue weighted by molar-refractivity contribution is 7.13. The molecule has 0 radical (unpaired) electrons. The number of carbonyl (C=O) groups excluding carboxylic acids is 1. The van der Waals surface area contributed by atoms with E-state index in [9.17, 15) is 4.79 Å². The molecule has 1 saturated carbocycles. The second-order valence-corrected chi connectivity index (χ2v) is 11.4. The van der Waals surface area contributed by atoms with Crippen LogP contribution < -0.4 is 4.74 Å². The average Bonchev–Trinajstić information content (AvgIpc) is 3.37. The summed E-state index contributed by atoms with van der Waals surface area (Å²) in [4.78, 5) is 30.2. The van der Waals surface area contributed by atoms with Crippen molar-refractivity contribution >= 4 is 34.4 Å².